The van der Waals surface area contributed by atoms with Gasteiger partial charge in [0.15, 0.2) is 5.82 Å². The number of fused-ring (bicyclic) bond motifs is 1. The number of nitrogens with zero attached hydrogens (tertiary/aromatic N) is 5. The maximum Gasteiger partial charge on any atom is 0.291 e. The molecule has 0 spiro atoms. The van der Waals surface area contributed by atoms with Crippen molar-refractivity contribution in [1.29, 1.82) is 0 Å². The third-order valence-electron chi connectivity index (χ3n) is 3.53. The summed E-state index contributed by atoms with van der Waals surface area (Å²) in [7, 11) is 0. The molecule has 0 N–H and O–H groups in total. The van der Waals surface area contributed by atoms with Crippen LogP contribution in [0.3, 0.4) is 0 Å². The second-order valence-electron chi connectivity index (χ2n) is 4.94. The van der Waals surface area contributed by atoms with Crippen LogP contribution in [0.5, 0.6) is 0 Å². The highest BCUT2D eigenvalue weighted by molar-refractivity contribution is 5.44. The van der Waals surface area contributed by atoms with Crippen LogP contribution in [0.2, 0.25) is 0 Å². The fourth-order valence-electron chi connectivity index (χ4n) is 2.46. The first-order chi connectivity index (χ1) is 10.3. The maximum atomic E-state index is 12.2. The van der Waals surface area contributed by atoms with E-state index in [0.29, 0.717) is 23.8 Å². The van der Waals surface area contributed by atoms with E-state index in [2.05, 4.69) is 15.2 Å². The molecule has 1 aliphatic heterocycles. The van der Waals surface area contributed by atoms with Crippen LogP contribution in [0, 0.1) is 0 Å². The molecule has 108 valence electrons. The lowest BCUT2D eigenvalue weighted by atomic mass is 10.2. The van der Waals surface area contributed by atoms with Crippen molar-refractivity contribution in [2.24, 2.45) is 0 Å². The van der Waals surface area contributed by atoms with E-state index in [4.69, 9.17) is 9.26 Å². The number of hydrogen-bond acceptors (Lipinski definition) is 6. The van der Waals surface area contributed by atoms with Gasteiger partial charge in [-0.2, -0.15) is 10.1 Å². The quantitative estimate of drug-likeness (QED) is 0.707. The van der Waals surface area contributed by atoms with Crippen LogP contribution in [0.1, 0.15) is 30.7 Å². The second kappa shape index (κ2) is 4.81. The fourth-order valence-corrected chi connectivity index (χ4v) is 2.46. The second-order valence-corrected chi connectivity index (χ2v) is 4.94. The Bertz CT molecular complexity index is 828. The van der Waals surface area contributed by atoms with Crippen LogP contribution in [-0.2, 0) is 11.3 Å². The molecule has 8 nitrogen and oxygen atoms in total. The number of rotatable bonds is 3. The van der Waals surface area contributed by atoms with Crippen LogP contribution in [0.4, 0.5) is 0 Å². The van der Waals surface area contributed by atoms with E-state index >= 15 is 0 Å². The highest BCUT2D eigenvalue weighted by Crippen LogP contribution is 2.26. The minimum absolute atomic E-state index is 0.121. The predicted octanol–water partition coefficient (Wildman–Crippen LogP) is 0.779. The Morgan fingerprint density at radius 1 is 1.43 bits per heavy atom. The summed E-state index contributed by atoms with van der Waals surface area (Å²) in [5.41, 5.74) is 0.374. The number of aromatic nitrogens is 5. The van der Waals surface area contributed by atoms with Crippen LogP contribution < -0.4 is 5.56 Å². The van der Waals surface area contributed by atoms with Crippen molar-refractivity contribution in [3.63, 3.8) is 0 Å². The lowest BCUT2D eigenvalue weighted by Gasteiger charge is -2.02. The molecule has 3 aromatic heterocycles. The Morgan fingerprint density at radius 2 is 2.38 bits per heavy atom. The van der Waals surface area contributed by atoms with E-state index in [-0.39, 0.29) is 18.2 Å². The van der Waals surface area contributed by atoms with Gasteiger partial charge in [-0.1, -0.05) is 5.16 Å². The maximum absolute atomic E-state index is 12.2. The molecule has 4 heterocycles. The van der Waals surface area contributed by atoms with E-state index in [9.17, 15) is 4.79 Å². The van der Waals surface area contributed by atoms with Gasteiger partial charge in [-0.3, -0.25) is 4.79 Å². The third kappa shape index (κ3) is 2.13. The molecule has 0 unspecified atom stereocenters. The first-order valence-electron chi connectivity index (χ1n) is 6.78. The van der Waals surface area contributed by atoms with Gasteiger partial charge in [-0.25, -0.2) is 4.68 Å². The van der Waals surface area contributed by atoms with E-state index in [0.717, 1.165) is 12.8 Å². The average molecular weight is 287 g/mol. The summed E-state index contributed by atoms with van der Waals surface area (Å²) >= 11 is 0. The van der Waals surface area contributed by atoms with Gasteiger partial charge in [0.2, 0.25) is 0 Å². The van der Waals surface area contributed by atoms with Crippen molar-refractivity contribution >= 4 is 5.52 Å². The van der Waals surface area contributed by atoms with Crippen molar-refractivity contribution in [2.75, 3.05) is 6.61 Å². The normalized spacial score (nSPS) is 18.6. The molecule has 1 saturated heterocycles. The molecule has 8 heteroatoms. The molecule has 0 saturated carbocycles. The lowest BCUT2D eigenvalue weighted by molar-refractivity contribution is 0.0835. The SMILES string of the molecule is O=c1c2cccn2cnn1Cc1noc([C@H]2CCCO2)n1. The van der Waals surface area contributed by atoms with Crippen LogP contribution in [0.25, 0.3) is 5.52 Å². The van der Waals surface area contributed by atoms with E-state index in [1.165, 1.54) is 4.68 Å². The Labute approximate surface area is 119 Å². The Kier molecular flexibility index (Phi) is 2.81. The van der Waals surface area contributed by atoms with Gasteiger partial charge in [0.05, 0.1) is 0 Å². The van der Waals surface area contributed by atoms with E-state index in [1.807, 2.05) is 0 Å². The summed E-state index contributed by atoms with van der Waals surface area (Å²) < 4.78 is 13.7. The van der Waals surface area contributed by atoms with Gasteiger partial charge in [0.25, 0.3) is 11.4 Å². The fraction of sp³-hybridized carbons (Fsp3) is 0.385. The molecule has 0 radical (unpaired) electrons. The summed E-state index contributed by atoms with van der Waals surface area (Å²) in [5, 5.41) is 7.99. The Balaban J connectivity index is 1.62. The number of hydrogen-bond donors (Lipinski definition) is 0. The summed E-state index contributed by atoms with van der Waals surface area (Å²) in [6.07, 6.45) is 5.11. The zero-order valence-electron chi connectivity index (χ0n) is 11.2. The monoisotopic (exact) mass is 287 g/mol. The van der Waals surface area contributed by atoms with E-state index in [1.54, 1.807) is 29.1 Å². The minimum atomic E-state index is -0.189. The van der Waals surface area contributed by atoms with Crippen LogP contribution in [0.15, 0.2) is 34.0 Å². The first-order valence-corrected chi connectivity index (χ1v) is 6.78. The Morgan fingerprint density at radius 3 is 3.24 bits per heavy atom. The largest absolute Gasteiger partial charge is 0.368 e. The molecular formula is C13H13N5O3. The summed E-state index contributed by atoms with van der Waals surface area (Å²) in [6, 6.07) is 3.54. The molecular weight excluding hydrogens is 274 g/mol. The van der Waals surface area contributed by atoms with Gasteiger partial charge in [0, 0.05) is 12.8 Å². The van der Waals surface area contributed by atoms with Gasteiger partial charge < -0.3 is 13.7 Å². The molecule has 3 aromatic rings. The molecule has 1 atom stereocenters. The third-order valence-corrected chi connectivity index (χ3v) is 3.53. The van der Waals surface area contributed by atoms with Gasteiger partial charge >= 0.3 is 0 Å². The molecule has 0 aliphatic carbocycles. The van der Waals surface area contributed by atoms with Crippen molar-refractivity contribution in [2.45, 2.75) is 25.5 Å². The number of ether oxygens (including phenoxy) is 1. The molecule has 0 bridgehead atoms. The zero-order chi connectivity index (χ0) is 14.2. The van der Waals surface area contributed by atoms with Crippen molar-refractivity contribution in [3.05, 3.63) is 46.7 Å². The van der Waals surface area contributed by atoms with Gasteiger partial charge in [-0.05, 0) is 25.0 Å². The molecule has 1 aliphatic rings. The molecule has 0 aromatic carbocycles. The minimum Gasteiger partial charge on any atom is -0.368 e. The van der Waals surface area contributed by atoms with Gasteiger partial charge in [0.1, 0.15) is 24.5 Å². The van der Waals surface area contributed by atoms with Crippen LogP contribution in [-0.4, -0.2) is 30.9 Å². The highest BCUT2D eigenvalue weighted by Gasteiger charge is 2.24. The van der Waals surface area contributed by atoms with Crippen molar-refractivity contribution < 1.29 is 9.26 Å². The Hall–Kier alpha value is -2.48. The summed E-state index contributed by atoms with van der Waals surface area (Å²) in [5.74, 6) is 0.894. The van der Waals surface area contributed by atoms with Gasteiger partial charge in [-0.15, -0.1) is 0 Å². The first kappa shape index (κ1) is 12.3. The van der Waals surface area contributed by atoms with Crippen molar-refractivity contribution in [3.8, 4) is 0 Å². The lowest BCUT2D eigenvalue weighted by Crippen LogP contribution is -2.25. The van der Waals surface area contributed by atoms with Crippen LogP contribution >= 0.6 is 0 Å². The summed E-state index contributed by atoms with van der Waals surface area (Å²) in [6.45, 7) is 0.894. The summed E-state index contributed by atoms with van der Waals surface area (Å²) in [4.78, 5) is 16.5. The highest BCUT2D eigenvalue weighted by atomic mass is 16.5. The standard InChI is InChI=1S/C13H13N5O3/c19-13-9-3-1-5-17(9)8-14-18(13)7-11-15-12(21-16-11)10-4-2-6-20-10/h1,3,5,8,10H,2,4,6-7H2/t10-/m1/s1. The molecule has 0 amide bonds. The van der Waals surface area contributed by atoms with E-state index < -0.39 is 0 Å². The topological polar surface area (TPSA) is 87.5 Å². The predicted molar refractivity (Wildman–Crippen MR) is 70.8 cm³/mol. The zero-order valence-corrected chi connectivity index (χ0v) is 11.2. The van der Waals surface area contributed by atoms with Crippen molar-refractivity contribution in [1.82, 2.24) is 24.3 Å². The molecule has 4 rings (SSSR count). The smallest absolute Gasteiger partial charge is 0.291 e. The molecule has 21 heavy (non-hydrogen) atoms. The average Bonchev–Trinajstić information content (AvgIpc) is 3.21. The molecule has 1 fully saturated rings.